The summed E-state index contributed by atoms with van der Waals surface area (Å²) in [5.41, 5.74) is 0.927. The minimum atomic E-state index is 0.0167. The van der Waals surface area contributed by atoms with E-state index in [-0.39, 0.29) is 23.8 Å². The molecule has 0 N–H and O–H groups in total. The Hall–Kier alpha value is -1.95. The summed E-state index contributed by atoms with van der Waals surface area (Å²) in [4.78, 5) is 32.9. The topological polar surface area (TPSA) is 62.7 Å². The smallest absolute Gasteiger partial charge is 0.248 e. The SMILES string of the molecule is CCOCC(=O)N1CCCC2(CCC(=O)N(Cc3ccccn3)C2)C1. The Balaban J connectivity index is 1.66. The maximum absolute atomic E-state index is 12.4. The quantitative estimate of drug-likeness (QED) is 0.817. The van der Waals surface area contributed by atoms with Gasteiger partial charge in [0.1, 0.15) is 6.61 Å². The van der Waals surface area contributed by atoms with Gasteiger partial charge in [0.2, 0.25) is 11.8 Å². The van der Waals surface area contributed by atoms with Gasteiger partial charge in [0, 0.05) is 44.3 Å². The Labute approximate surface area is 149 Å². The number of hydrogen-bond acceptors (Lipinski definition) is 4. The molecule has 136 valence electrons. The molecule has 0 aromatic carbocycles. The molecule has 1 aromatic heterocycles. The van der Waals surface area contributed by atoms with Crippen molar-refractivity contribution in [1.82, 2.24) is 14.8 Å². The van der Waals surface area contributed by atoms with Crippen molar-refractivity contribution in [3.63, 3.8) is 0 Å². The Morgan fingerprint density at radius 1 is 1.32 bits per heavy atom. The zero-order valence-electron chi connectivity index (χ0n) is 14.9. The number of ether oxygens (including phenoxy) is 1. The fourth-order valence-electron chi connectivity index (χ4n) is 3.97. The molecular weight excluding hydrogens is 318 g/mol. The minimum absolute atomic E-state index is 0.0167. The van der Waals surface area contributed by atoms with Gasteiger partial charge in [-0.1, -0.05) is 6.07 Å². The molecule has 2 amide bonds. The van der Waals surface area contributed by atoms with E-state index in [1.807, 2.05) is 34.9 Å². The van der Waals surface area contributed by atoms with Crippen LogP contribution in [0.15, 0.2) is 24.4 Å². The van der Waals surface area contributed by atoms with Crippen molar-refractivity contribution in [2.75, 3.05) is 32.8 Å². The largest absolute Gasteiger partial charge is 0.372 e. The molecule has 0 bridgehead atoms. The van der Waals surface area contributed by atoms with Gasteiger partial charge >= 0.3 is 0 Å². The maximum Gasteiger partial charge on any atom is 0.248 e. The average molecular weight is 345 g/mol. The number of piperidine rings is 2. The first-order valence-corrected chi connectivity index (χ1v) is 9.15. The number of aromatic nitrogens is 1. The van der Waals surface area contributed by atoms with Gasteiger partial charge in [0.15, 0.2) is 0 Å². The monoisotopic (exact) mass is 345 g/mol. The number of hydrogen-bond donors (Lipinski definition) is 0. The fourth-order valence-corrected chi connectivity index (χ4v) is 3.97. The number of amides is 2. The van der Waals surface area contributed by atoms with Crippen LogP contribution in [0.5, 0.6) is 0 Å². The number of carbonyl (C=O) groups is 2. The molecule has 1 atom stereocenters. The lowest BCUT2D eigenvalue weighted by Gasteiger charge is -2.48. The van der Waals surface area contributed by atoms with Crippen LogP contribution in [0.25, 0.3) is 0 Å². The highest BCUT2D eigenvalue weighted by Crippen LogP contribution is 2.39. The van der Waals surface area contributed by atoms with Crippen LogP contribution in [0.1, 0.15) is 38.3 Å². The maximum atomic E-state index is 12.4. The third-order valence-corrected chi connectivity index (χ3v) is 5.27. The van der Waals surface area contributed by atoms with E-state index < -0.39 is 0 Å². The Kier molecular flexibility index (Phi) is 5.68. The average Bonchev–Trinajstić information content (AvgIpc) is 2.64. The molecule has 2 aliphatic heterocycles. The van der Waals surface area contributed by atoms with E-state index in [1.54, 1.807) is 6.20 Å². The van der Waals surface area contributed by atoms with E-state index in [4.69, 9.17) is 4.74 Å². The molecule has 6 heteroatoms. The first-order chi connectivity index (χ1) is 12.1. The molecule has 1 unspecified atom stereocenters. The Morgan fingerprint density at radius 3 is 2.96 bits per heavy atom. The first-order valence-electron chi connectivity index (χ1n) is 9.15. The second kappa shape index (κ2) is 7.95. The van der Waals surface area contributed by atoms with Gasteiger partial charge in [-0.3, -0.25) is 14.6 Å². The second-order valence-corrected chi connectivity index (χ2v) is 7.13. The molecule has 3 heterocycles. The highest BCUT2D eigenvalue weighted by Gasteiger charge is 2.42. The molecule has 3 rings (SSSR count). The molecule has 0 saturated carbocycles. The third kappa shape index (κ3) is 4.37. The molecule has 2 saturated heterocycles. The summed E-state index contributed by atoms with van der Waals surface area (Å²) in [5.74, 6) is 0.253. The summed E-state index contributed by atoms with van der Waals surface area (Å²) in [6.07, 6.45) is 5.23. The Morgan fingerprint density at radius 2 is 2.20 bits per heavy atom. The number of carbonyl (C=O) groups excluding carboxylic acids is 2. The Bertz CT molecular complexity index is 607. The summed E-state index contributed by atoms with van der Waals surface area (Å²) in [5, 5.41) is 0. The molecule has 2 fully saturated rings. The van der Waals surface area contributed by atoms with E-state index in [2.05, 4.69) is 4.98 Å². The number of rotatable bonds is 5. The molecule has 0 radical (unpaired) electrons. The molecule has 2 aliphatic rings. The summed E-state index contributed by atoms with van der Waals surface area (Å²) in [6, 6.07) is 5.78. The van der Waals surface area contributed by atoms with Gasteiger partial charge in [0.05, 0.1) is 12.2 Å². The summed E-state index contributed by atoms with van der Waals surface area (Å²) < 4.78 is 5.28. The molecule has 1 aromatic rings. The van der Waals surface area contributed by atoms with Crippen LogP contribution in [0.4, 0.5) is 0 Å². The van der Waals surface area contributed by atoms with E-state index in [9.17, 15) is 9.59 Å². The van der Waals surface area contributed by atoms with Crippen molar-refractivity contribution >= 4 is 11.8 Å². The van der Waals surface area contributed by atoms with Crippen LogP contribution in [0, 0.1) is 5.41 Å². The highest BCUT2D eigenvalue weighted by atomic mass is 16.5. The lowest BCUT2D eigenvalue weighted by Crippen LogP contribution is -2.55. The number of nitrogens with zero attached hydrogens (tertiary/aromatic N) is 3. The van der Waals surface area contributed by atoms with Gasteiger partial charge in [-0.2, -0.15) is 0 Å². The second-order valence-electron chi connectivity index (χ2n) is 7.13. The number of pyridine rings is 1. The molecular formula is C19H27N3O3. The molecule has 25 heavy (non-hydrogen) atoms. The third-order valence-electron chi connectivity index (χ3n) is 5.27. The molecule has 6 nitrogen and oxygen atoms in total. The summed E-state index contributed by atoms with van der Waals surface area (Å²) in [6.45, 7) is 5.38. The highest BCUT2D eigenvalue weighted by molar-refractivity contribution is 5.78. The summed E-state index contributed by atoms with van der Waals surface area (Å²) in [7, 11) is 0. The fraction of sp³-hybridized carbons (Fsp3) is 0.632. The van der Waals surface area contributed by atoms with Crippen molar-refractivity contribution in [3.8, 4) is 0 Å². The van der Waals surface area contributed by atoms with Crippen molar-refractivity contribution in [2.24, 2.45) is 5.41 Å². The van der Waals surface area contributed by atoms with Gasteiger partial charge in [0.25, 0.3) is 0 Å². The van der Waals surface area contributed by atoms with Crippen LogP contribution in [-0.2, 0) is 20.9 Å². The minimum Gasteiger partial charge on any atom is -0.372 e. The van der Waals surface area contributed by atoms with Crippen LogP contribution in [0.3, 0.4) is 0 Å². The molecule has 0 aliphatic carbocycles. The predicted octanol–water partition coefficient (Wildman–Crippen LogP) is 1.85. The van der Waals surface area contributed by atoms with Crippen LogP contribution >= 0.6 is 0 Å². The van der Waals surface area contributed by atoms with Crippen molar-refractivity contribution in [1.29, 1.82) is 0 Å². The van der Waals surface area contributed by atoms with Gasteiger partial charge < -0.3 is 14.5 Å². The van der Waals surface area contributed by atoms with E-state index >= 15 is 0 Å². The molecule has 1 spiro atoms. The lowest BCUT2D eigenvalue weighted by molar-refractivity contribution is -0.145. The summed E-state index contributed by atoms with van der Waals surface area (Å²) >= 11 is 0. The van der Waals surface area contributed by atoms with E-state index in [1.165, 1.54) is 0 Å². The lowest BCUT2D eigenvalue weighted by atomic mass is 9.73. The predicted molar refractivity (Wildman–Crippen MR) is 93.6 cm³/mol. The standard InChI is InChI=1S/C19H27N3O3/c1-2-25-13-18(24)21-11-5-8-19(14-21)9-7-17(23)22(15-19)12-16-6-3-4-10-20-16/h3-4,6,10H,2,5,7-9,11-15H2,1H3. The van der Waals surface area contributed by atoms with Gasteiger partial charge in [-0.05, 0) is 38.3 Å². The normalized spacial score (nSPS) is 24.0. The zero-order valence-corrected chi connectivity index (χ0v) is 14.9. The van der Waals surface area contributed by atoms with E-state index in [0.29, 0.717) is 26.1 Å². The van der Waals surface area contributed by atoms with Crippen LogP contribution < -0.4 is 0 Å². The van der Waals surface area contributed by atoms with Crippen LogP contribution in [-0.4, -0.2) is 59.4 Å². The van der Waals surface area contributed by atoms with E-state index in [0.717, 1.165) is 38.0 Å². The van der Waals surface area contributed by atoms with Gasteiger partial charge in [-0.25, -0.2) is 0 Å². The number of likely N-dealkylation sites (tertiary alicyclic amines) is 2. The van der Waals surface area contributed by atoms with Gasteiger partial charge in [-0.15, -0.1) is 0 Å². The first kappa shape index (κ1) is 17.9. The van der Waals surface area contributed by atoms with Crippen molar-refractivity contribution < 1.29 is 14.3 Å². The van der Waals surface area contributed by atoms with Crippen molar-refractivity contribution in [2.45, 2.75) is 39.2 Å². The van der Waals surface area contributed by atoms with Crippen molar-refractivity contribution in [3.05, 3.63) is 30.1 Å². The zero-order chi connectivity index (χ0) is 17.7. The van der Waals surface area contributed by atoms with Crippen LogP contribution in [0.2, 0.25) is 0 Å².